The van der Waals surface area contributed by atoms with E-state index in [1.54, 1.807) is 6.92 Å². The molecule has 0 atom stereocenters. The standard InChI is InChI=1S/C12H14F3NO3/c1-2-19-11(17)7-18-4-3-16-12-9(14)5-8(13)6-10(12)15/h5-6,16H,2-4,7H2,1H3. The molecule has 0 saturated heterocycles. The second-order valence-electron chi connectivity index (χ2n) is 3.53. The number of halogens is 3. The van der Waals surface area contributed by atoms with Gasteiger partial charge in [0, 0.05) is 18.7 Å². The second kappa shape index (κ2) is 7.63. The lowest BCUT2D eigenvalue weighted by atomic mass is 10.3. The number of hydrogen-bond donors (Lipinski definition) is 1. The van der Waals surface area contributed by atoms with Crippen LogP contribution in [0.25, 0.3) is 0 Å². The van der Waals surface area contributed by atoms with Crippen LogP contribution in [-0.4, -0.2) is 32.3 Å². The smallest absolute Gasteiger partial charge is 0.332 e. The largest absolute Gasteiger partial charge is 0.464 e. The normalized spacial score (nSPS) is 10.3. The van der Waals surface area contributed by atoms with E-state index >= 15 is 0 Å². The summed E-state index contributed by atoms with van der Waals surface area (Å²) in [4.78, 5) is 10.9. The Morgan fingerprint density at radius 3 is 2.47 bits per heavy atom. The number of ether oxygens (including phenoxy) is 2. The number of carbonyl (C=O) groups excluding carboxylic acids is 1. The van der Waals surface area contributed by atoms with E-state index in [0.717, 1.165) is 0 Å². The first-order chi connectivity index (χ1) is 9.04. The predicted molar refractivity (Wildman–Crippen MR) is 62.3 cm³/mol. The highest BCUT2D eigenvalue weighted by Crippen LogP contribution is 2.19. The maximum absolute atomic E-state index is 13.2. The van der Waals surface area contributed by atoms with Crippen LogP contribution in [0.15, 0.2) is 12.1 Å². The van der Waals surface area contributed by atoms with Gasteiger partial charge >= 0.3 is 5.97 Å². The fourth-order valence-corrected chi connectivity index (χ4v) is 1.32. The summed E-state index contributed by atoms with van der Waals surface area (Å²) in [5.41, 5.74) is -0.430. The van der Waals surface area contributed by atoms with Crippen LogP contribution in [0.3, 0.4) is 0 Å². The minimum absolute atomic E-state index is 0.0507. The molecule has 1 aromatic rings. The van der Waals surface area contributed by atoms with E-state index in [0.29, 0.717) is 12.1 Å². The van der Waals surface area contributed by atoms with Crippen LogP contribution in [0.4, 0.5) is 18.9 Å². The lowest BCUT2D eigenvalue weighted by Gasteiger charge is -2.09. The molecule has 0 unspecified atom stereocenters. The molecule has 0 bridgehead atoms. The van der Waals surface area contributed by atoms with Crippen molar-refractivity contribution in [3.05, 3.63) is 29.6 Å². The fraction of sp³-hybridized carbons (Fsp3) is 0.417. The van der Waals surface area contributed by atoms with E-state index in [2.05, 4.69) is 10.1 Å². The van der Waals surface area contributed by atoms with E-state index in [-0.39, 0.29) is 26.4 Å². The van der Waals surface area contributed by atoms with Crippen molar-refractivity contribution in [1.29, 1.82) is 0 Å². The average Bonchev–Trinajstić information content (AvgIpc) is 2.31. The van der Waals surface area contributed by atoms with Crippen molar-refractivity contribution in [3.63, 3.8) is 0 Å². The summed E-state index contributed by atoms with van der Waals surface area (Å²) >= 11 is 0. The molecule has 0 radical (unpaired) electrons. The molecule has 106 valence electrons. The zero-order valence-corrected chi connectivity index (χ0v) is 10.3. The van der Waals surface area contributed by atoms with E-state index in [9.17, 15) is 18.0 Å². The van der Waals surface area contributed by atoms with Gasteiger partial charge in [0.05, 0.1) is 13.2 Å². The molecule has 7 heteroatoms. The van der Waals surface area contributed by atoms with Gasteiger partial charge in [0.2, 0.25) is 0 Å². The third-order valence-electron chi connectivity index (χ3n) is 2.08. The first-order valence-electron chi connectivity index (χ1n) is 5.66. The highest BCUT2D eigenvalue weighted by atomic mass is 19.1. The van der Waals surface area contributed by atoms with Gasteiger partial charge in [-0.1, -0.05) is 0 Å². The summed E-state index contributed by atoms with van der Waals surface area (Å²) in [5, 5.41) is 2.42. The lowest BCUT2D eigenvalue weighted by molar-refractivity contribution is -0.148. The topological polar surface area (TPSA) is 47.6 Å². The van der Waals surface area contributed by atoms with Crippen LogP contribution in [0.2, 0.25) is 0 Å². The zero-order chi connectivity index (χ0) is 14.3. The maximum Gasteiger partial charge on any atom is 0.332 e. The summed E-state index contributed by atoms with van der Waals surface area (Å²) in [6, 6.07) is 1.15. The molecule has 0 aromatic heterocycles. The van der Waals surface area contributed by atoms with Crippen molar-refractivity contribution in [1.82, 2.24) is 0 Å². The zero-order valence-electron chi connectivity index (χ0n) is 10.3. The monoisotopic (exact) mass is 277 g/mol. The molecule has 1 aromatic carbocycles. The Labute approximate surface area is 108 Å². The molecule has 1 N–H and O–H groups in total. The quantitative estimate of drug-likeness (QED) is 0.612. The van der Waals surface area contributed by atoms with Gasteiger partial charge in [0.1, 0.15) is 18.1 Å². The molecule has 0 aliphatic heterocycles. The highest BCUT2D eigenvalue weighted by Gasteiger charge is 2.10. The SMILES string of the molecule is CCOC(=O)COCCNc1c(F)cc(F)cc1F. The van der Waals surface area contributed by atoms with E-state index < -0.39 is 29.1 Å². The minimum atomic E-state index is -1.03. The van der Waals surface area contributed by atoms with Crippen LogP contribution >= 0.6 is 0 Å². The number of benzene rings is 1. The van der Waals surface area contributed by atoms with Crippen LogP contribution in [0.5, 0.6) is 0 Å². The van der Waals surface area contributed by atoms with Crippen molar-refractivity contribution in [3.8, 4) is 0 Å². The molecule has 0 amide bonds. The van der Waals surface area contributed by atoms with Gasteiger partial charge < -0.3 is 14.8 Å². The van der Waals surface area contributed by atoms with Gasteiger partial charge in [0.25, 0.3) is 0 Å². The highest BCUT2D eigenvalue weighted by molar-refractivity contribution is 5.70. The molecule has 19 heavy (non-hydrogen) atoms. The molecule has 0 aliphatic rings. The van der Waals surface area contributed by atoms with Gasteiger partial charge in [-0.15, -0.1) is 0 Å². The van der Waals surface area contributed by atoms with Gasteiger partial charge in [-0.3, -0.25) is 0 Å². The Morgan fingerprint density at radius 2 is 1.89 bits per heavy atom. The number of esters is 1. The number of anilines is 1. The molecular weight excluding hydrogens is 263 g/mol. The Hall–Kier alpha value is -1.76. The molecule has 4 nitrogen and oxygen atoms in total. The van der Waals surface area contributed by atoms with Gasteiger partial charge in [0.15, 0.2) is 11.6 Å². The molecule has 0 heterocycles. The van der Waals surface area contributed by atoms with Crippen molar-refractivity contribution in [2.75, 3.05) is 31.7 Å². The Bertz CT molecular complexity index is 417. The van der Waals surface area contributed by atoms with Crippen LogP contribution in [-0.2, 0) is 14.3 Å². The Balaban J connectivity index is 2.32. The molecule has 1 rings (SSSR count). The van der Waals surface area contributed by atoms with Crippen molar-refractivity contribution >= 4 is 11.7 Å². The summed E-state index contributed by atoms with van der Waals surface area (Å²) in [6.07, 6.45) is 0. The first kappa shape index (κ1) is 15.3. The number of rotatable bonds is 7. The third-order valence-corrected chi connectivity index (χ3v) is 2.08. The predicted octanol–water partition coefficient (Wildman–Crippen LogP) is 2.10. The van der Waals surface area contributed by atoms with E-state index in [1.165, 1.54) is 0 Å². The first-order valence-corrected chi connectivity index (χ1v) is 5.66. The Morgan fingerprint density at radius 1 is 1.26 bits per heavy atom. The summed E-state index contributed by atoms with van der Waals surface area (Å²) in [7, 11) is 0. The molecule has 0 spiro atoms. The second-order valence-corrected chi connectivity index (χ2v) is 3.53. The van der Waals surface area contributed by atoms with Gasteiger partial charge in [-0.25, -0.2) is 18.0 Å². The molecule has 0 fully saturated rings. The van der Waals surface area contributed by atoms with Gasteiger partial charge in [-0.05, 0) is 6.92 Å². The van der Waals surface area contributed by atoms with Crippen molar-refractivity contribution < 1.29 is 27.4 Å². The minimum Gasteiger partial charge on any atom is -0.464 e. The summed E-state index contributed by atoms with van der Waals surface area (Å²) in [6.45, 7) is 1.81. The van der Waals surface area contributed by atoms with E-state index in [4.69, 9.17) is 4.74 Å². The van der Waals surface area contributed by atoms with Crippen molar-refractivity contribution in [2.45, 2.75) is 6.92 Å². The molecule has 0 aliphatic carbocycles. The maximum atomic E-state index is 13.2. The van der Waals surface area contributed by atoms with Gasteiger partial charge in [-0.2, -0.15) is 0 Å². The average molecular weight is 277 g/mol. The van der Waals surface area contributed by atoms with Crippen LogP contribution < -0.4 is 5.32 Å². The molecular formula is C12H14F3NO3. The summed E-state index contributed by atoms with van der Waals surface area (Å²) < 4.78 is 48.5. The summed E-state index contributed by atoms with van der Waals surface area (Å²) in [5.74, 6) is -3.55. The Kier molecular flexibility index (Phi) is 6.14. The number of nitrogens with one attached hydrogen (secondary N) is 1. The fourth-order valence-electron chi connectivity index (χ4n) is 1.32. The number of carbonyl (C=O) groups is 1. The van der Waals surface area contributed by atoms with Crippen LogP contribution in [0.1, 0.15) is 6.92 Å². The molecule has 0 saturated carbocycles. The van der Waals surface area contributed by atoms with Crippen LogP contribution in [0, 0.1) is 17.5 Å². The number of hydrogen-bond acceptors (Lipinski definition) is 4. The van der Waals surface area contributed by atoms with Crippen molar-refractivity contribution in [2.24, 2.45) is 0 Å². The lowest BCUT2D eigenvalue weighted by Crippen LogP contribution is -2.17. The third kappa shape index (κ3) is 5.17. The van der Waals surface area contributed by atoms with E-state index in [1.807, 2.05) is 0 Å².